The van der Waals surface area contributed by atoms with Crippen LogP contribution in [0.4, 0.5) is 0 Å². The molecule has 1 nitrogen and oxygen atoms in total. The van der Waals surface area contributed by atoms with Crippen molar-refractivity contribution in [1.82, 2.24) is 0 Å². The van der Waals surface area contributed by atoms with Gasteiger partial charge in [-0.25, -0.2) is 0 Å². The maximum atomic E-state index is 9.64. The molecule has 0 amide bonds. The highest BCUT2D eigenvalue weighted by Gasteiger charge is 1.78. The molecule has 0 saturated carbocycles. The number of aldehydes is 1. The monoisotopic (exact) mass is 118 g/mol. The topological polar surface area (TPSA) is 17.1 Å². The Balaban J connectivity index is 3.49. The SMILES string of the molecule is C/C(=C/C=O)CCl. The van der Waals surface area contributed by atoms with Gasteiger partial charge in [0.2, 0.25) is 0 Å². The highest BCUT2D eigenvalue weighted by Crippen LogP contribution is 1.91. The summed E-state index contributed by atoms with van der Waals surface area (Å²) in [6.45, 7) is 1.81. The first-order chi connectivity index (χ1) is 3.31. The molecule has 0 aliphatic heterocycles. The van der Waals surface area contributed by atoms with Crippen molar-refractivity contribution < 1.29 is 4.79 Å². The predicted molar refractivity (Wildman–Crippen MR) is 30.5 cm³/mol. The molecule has 0 bridgehead atoms. The first-order valence-corrected chi connectivity index (χ1v) is 2.51. The second-order valence-electron chi connectivity index (χ2n) is 1.28. The van der Waals surface area contributed by atoms with Gasteiger partial charge >= 0.3 is 0 Å². The van der Waals surface area contributed by atoms with Gasteiger partial charge in [-0.3, -0.25) is 4.79 Å². The fourth-order valence-electron chi connectivity index (χ4n) is 0.161. The lowest BCUT2D eigenvalue weighted by atomic mass is 10.3. The molecule has 0 N–H and O–H groups in total. The summed E-state index contributed by atoms with van der Waals surface area (Å²) in [5.41, 5.74) is 0.900. The van der Waals surface area contributed by atoms with Gasteiger partial charge in [-0.1, -0.05) is 5.57 Å². The van der Waals surface area contributed by atoms with Gasteiger partial charge in [-0.05, 0) is 13.0 Å². The van der Waals surface area contributed by atoms with E-state index in [2.05, 4.69) is 0 Å². The van der Waals surface area contributed by atoms with Crippen LogP contribution in [0.15, 0.2) is 11.6 Å². The number of carbonyl (C=O) groups excluding carboxylic acids is 1. The molecule has 0 atom stereocenters. The fourth-order valence-corrected chi connectivity index (χ4v) is 0.250. The van der Waals surface area contributed by atoms with E-state index >= 15 is 0 Å². The van der Waals surface area contributed by atoms with E-state index in [-0.39, 0.29) is 0 Å². The molecule has 40 valence electrons. The maximum Gasteiger partial charge on any atom is 0.142 e. The highest BCUT2D eigenvalue weighted by atomic mass is 35.5. The van der Waals surface area contributed by atoms with Crippen LogP contribution >= 0.6 is 11.6 Å². The Morgan fingerprint density at radius 3 is 2.57 bits per heavy atom. The Morgan fingerprint density at radius 1 is 1.86 bits per heavy atom. The maximum absolute atomic E-state index is 9.64. The van der Waals surface area contributed by atoms with Gasteiger partial charge in [0.1, 0.15) is 6.29 Å². The number of alkyl halides is 1. The summed E-state index contributed by atoms with van der Waals surface area (Å²) in [6, 6.07) is 0. The van der Waals surface area contributed by atoms with Crippen LogP contribution in [-0.2, 0) is 4.79 Å². The summed E-state index contributed by atoms with van der Waals surface area (Å²) in [7, 11) is 0. The van der Waals surface area contributed by atoms with E-state index in [4.69, 9.17) is 11.6 Å². The third-order valence-electron chi connectivity index (χ3n) is 0.563. The Hall–Kier alpha value is -0.300. The van der Waals surface area contributed by atoms with E-state index < -0.39 is 0 Å². The van der Waals surface area contributed by atoms with Crippen molar-refractivity contribution in [3.05, 3.63) is 11.6 Å². The van der Waals surface area contributed by atoms with Gasteiger partial charge in [-0.2, -0.15) is 0 Å². The average molecular weight is 119 g/mol. The number of allylic oxidation sites excluding steroid dienone is 2. The van der Waals surface area contributed by atoms with E-state index in [0.29, 0.717) is 5.88 Å². The smallest absolute Gasteiger partial charge is 0.142 e. The number of halogens is 1. The van der Waals surface area contributed by atoms with Crippen molar-refractivity contribution in [3.8, 4) is 0 Å². The van der Waals surface area contributed by atoms with E-state index in [1.807, 2.05) is 0 Å². The molecule has 0 saturated heterocycles. The second-order valence-corrected chi connectivity index (χ2v) is 1.55. The molecule has 0 aromatic rings. The molecule has 7 heavy (non-hydrogen) atoms. The first-order valence-electron chi connectivity index (χ1n) is 1.98. The summed E-state index contributed by atoms with van der Waals surface area (Å²) in [5, 5.41) is 0. The fraction of sp³-hybridized carbons (Fsp3) is 0.400. The van der Waals surface area contributed by atoms with Gasteiger partial charge in [-0.15, -0.1) is 11.6 Å². The number of hydrogen-bond donors (Lipinski definition) is 0. The molecule has 0 aromatic heterocycles. The van der Waals surface area contributed by atoms with Crippen LogP contribution in [0.2, 0.25) is 0 Å². The van der Waals surface area contributed by atoms with Crippen LogP contribution in [-0.4, -0.2) is 12.2 Å². The van der Waals surface area contributed by atoms with Gasteiger partial charge in [0.05, 0.1) is 0 Å². The summed E-state index contributed by atoms with van der Waals surface area (Å²) < 4.78 is 0. The summed E-state index contributed by atoms with van der Waals surface area (Å²) in [5.74, 6) is 0.443. The quantitative estimate of drug-likeness (QED) is 0.304. The Kier molecular flexibility index (Phi) is 3.71. The van der Waals surface area contributed by atoms with Crippen LogP contribution in [0, 0.1) is 0 Å². The van der Waals surface area contributed by atoms with Crippen molar-refractivity contribution in [1.29, 1.82) is 0 Å². The number of carbonyl (C=O) groups is 1. The van der Waals surface area contributed by atoms with Gasteiger partial charge in [0.25, 0.3) is 0 Å². The van der Waals surface area contributed by atoms with Crippen LogP contribution < -0.4 is 0 Å². The van der Waals surface area contributed by atoms with Crippen LogP contribution in [0.3, 0.4) is 0 Å². The van der Waals surface area contributed by atoms with Crippen molar-refractivity contribution >= 4 is 17.9 Å². The predicted octanol–water partition coefficient (Wildman–Crippen LogP) is 1.37. The molecule has 0 unspecified atom stereocenters. The zero-order chi connectivity index (χ0) is 5.70. The van der Waals surface area contributed by atoms with Gasteiger partial charge in [0, 0.05) is 5.88 Å². The lowest BCUT2D eigenvalue weighted by Crippen LogP contribution is -1.74. The Bertz CT molecular complexity index is 86.1. The number of rotatable bonds is 2. The van der Waals surface area contributed by atoms with Crippen molar-refractivity contribution in [2.75, 3.05) is 5.88 Å². The van der Waals surface area contributed by atoms with E-state index in [0.717, 1.165) is 11.9 Å². The minimum absolute atomic E-state index is 0.443. The Morgan fingerprint density at radius 2 is 2.43 bits per heavy atom. The molecule has 0 aliphatic carbocycles. The largest absolute Gasteiger partial charge is 0.299 e. The summed E-state index contributed by atoms with van der Waals surface area (Å²) in [4.78, 5) is 9.64. The molecule has 0 radical (unpaired) electrons. The standard InChI is InChI=1S/C5H7ClO/c1-5(4-6)2-3-7/h2-3H,4H2,1H3/b5-2-. The lowest BCUT2D eigenvalue weighted by molar-refractivity contribution is -0.104. The molecule has 0 spiro atoms. The molecule has 0 aromatic carbocycles. The van der Waals surface area contributed by atoms with Crippen LogP contribution in [0.1, 0.15) is 6.92 Å². The molecule has 0 aliphatic rings. The minimum atomic E-state index is 0.443. The van der Waals surface area contributed by atoms with Gasteiger partial charge < -0.3 is 0 Å². The second kappa shape index (κ2) is 3.88. The van der Waals surface area contributed by atoms with E-state index in [1.54, 1.807) is 6.92 Å². The Labute approximate surface area is 48.0 Å². The third-order valence-corrected chi connectivity index (χ3v) is 0.985. The van der Waals surface area contributed by atoms with E-state index in [9.17, 15) is 4.79 Å². The van der Waals surface area contributed by atoms with Crippen molar-refractivity contribution in [2.45, 2.75) is 6.92 Å². The zero-order valence-corrected chi connectivity index (χ0v) is 4.90. The minimum Gasteiger partial charge on any atom is -0.299 e. The van der Waals surface area contributed by atoms with Crippen LogP contribution in [0.25, 0.3) is 0 Å². The number of hydrogen-bond acceptors (Lipinski definition) is 1. The normalized spacial score (nSPS) is 11.4. The molecule has 0 rings (SSSR count). The van der Waals surface area contributed by atoms with Crippen LogP contribution in [0.5, 0.6) is 0 Å². The molecule has 0 fully saturated rings. The van der Waals surface area contributed by atoms with Crippen molar-refractivity contribution in [3.63, 3.8) is 0 Å². The van der Waals surface area contributed by atoms with Crippen molar-refractivity contribution in [2.24, 2.45) is 0 Å². The lowest BCUT2D eigenvalue weighted by Gasteiger charge is -1.82. The molecule has 2 heteroatoms. The summed E-state index contributed by atoms with van der Waals surface area (Å²) >= 11 is 5.30. The third kappa shape index (κ3) is 3.53. The summed E-state index contributed by atoms with van der Waals surface area (Å²) in [6.07, 6.45) is 2.19. The van der Waals surface area contributed by atoms with Gasteiger partial charge in [0.15, 0.2) is 0 Å². The highest BCUT2D eigenvalue weighted by molar-refractivity contribution is 6.19. The van der Waals surface area contributed by atoms with E-state index in [1.165, 1.54) is 6.08 Å². The zero-order valence-electron chi connectivity index (χ0n) is 4.15. The first kappa shape index (κ1) is 6.70. The molecular formula is C5H7ClO. The molecule has 0 heterocycles. The average Bonchev–Trinajstić information content (AvgIpc) is 1.68. The molecular weight excluding hydrogens is 112 g/mol.